The van der Waals surface area contributed by atoms with Gasteiger partial charge in [-0.2, -0.15) is 0 Å². The van der Waals surface area contributed by atoms with Crippen molar-refractivity contribution in [2.24, 2.45) is 0 Å². The molecule has 0 fully saturated rings. The lowest BCUT2D eigenvalue weighted by Crippen LogP contribution is -3.00. The van der Waals surface area contributed by atoms with E-state index in [0.29, 0.717) is 23.5 Å². The molecule has 0 atom stereocenters. The molecule has 58 heavy (non-hydrogen) atoms. The molecule has 0 unspecified atom stereocenters. The summed E-state index contributed by atoms with van der Waals surface area (Å²) in [5, 5.41) is 13.2. The van der Waals surface area contributed by atoms with Crippen molar-refractivity contribution < 1.29 is 53.7 Å². The van der Waals surface area contributed by atoms with E-state index in [1.807, 2.05) is 111 Å². The number of rotatable bonds is 9. The van der Waals surface area contributed by atoms with Crippen LogP contribution < -0.4 is 55.2 Å². The van der Waals surface area contributed by atoms with E-state index in [4.69, 9.17) is 14.2 Å². The van der Waals surface area contributed by atoms with Crippen LogP contribution >= 0.6 is 0 Å². The summed E-state index contributed by atoms with van der Waals surface area (Å²) >= 11 is 0. The molecule has 2 aliphatic heterocycles. The van der Waals surface area contributed by atoms with Gasteiger partial charge in [-0.15, -0.1) is 0 Å². The summed E-state index contributed by atoms with van der Waals surface area (Å²) in [7, 11) is 0. The minimum atomic E-state index is -0.946. The Hall–Kier alpha value is -6.08. The molecule has 0 spiro atoms. The summed E-state index contributed by atoms with van der Waals surface area (Å²) in [6.07, 6.45) is 4.29. The summed E-state index contributed by atoms with van der Waals surface area (Å²) in [5.41, 5.74) is 8.30. The van der Waals surface area contributed by atoms with Crippen molar-refractivity contribution in [2.75, 3.05) is 6.61 Å². The van der Waals surface area contributed by atoms with Crippen LogP contribution in [0.15, 0.2) is 121 Å². The maximum absolute atomic E-state index is 13.0. The molecule has 0 bridgehead atoms. The Kier molecular flexibility index (Phi) is 14.0. The lowest BCUT2D eigenvalue weighted by molar-refractivity contribution is -0.00100. The number of halogens is 2. The summed E-state index contributed by atoms with van der Waals surface area (Å²) in [5.74, 6) is 1.74. The van der Waals surface area contributed by atoms with Gasteiger partial charge in [0.15, 0.2) is 0 Å². The molecular formula is C50H44Cl2O6-2. The van der Waals surface area contributed by atoms with E-state index in [1.165, 1.54) is 0 Å². The highest BCUT2D eigenvalue weighted by atomic mass is 35.5. The standard InChI is InChI=1S/C28H28O3.C22H16O3.2ClH/c1-4-5-6-9-16-30-28(29)22-11-8-7-10-21(22)27-23-14-12-19(2)17-25(23)31-26-18-20(3)13-15-24(26)27;1-13-7-9-17-19(11-13)25-20-12-14(2)8-10-18(20)21(17)15-5-3-4-6-16(15)22(23)24;;/h7-8,10-15,17-18H,2,4-6,9,16H2,1,3H3;3-12H,1H2,2H3,(H,23,24);2*1H/p-2. The van der Waals surface area contributed by atoms with E-state index in [1.54, 1.807) is 12.1 Å². The maximum Gasteiger partial charge on any atom is 0.338 e. The second kappa shape index (κ2) is 18.9. The first-order valence-corrected chi connectivity index (χ1v) is 19.0. The van der Waals surface area contributed by atoms with Gasteiger partial charge in [-0.1, -0.05) is 124 Å². The number of aryl methyl sites for hydroxylation is 2. The van der Waals surface area contributed by atoms with Gasteiger partial charge in [-0.25, -0.2) is 9.59 Å². The molecule has 6 aromatic rings. The highest BCUT2D eigenvalue weighted by Gasteiger charge is 2.25. The number of ether oxygens (including phenoxy) is 3. The molecule has 0 saturated heterocycles. The Labute approximate surface area is 351 Å². The molecular weight excluding hydrogens is 767 g/mol. The zero-order valence-electron chi connectivity index (χ0n) is 32.7. The minimum Gasteiger partial charge on any atom is -1.00 e. The molecule has 0 aromatic heterocycles. The first-order valence-electron chi connectivity index (χ1n) is 19.0. The third-order valence-corrected chi connectivity index (χ3v) is 9.96. The molecule has 6 aromatic carbocycles. The number of unbranched alkanes of at least 4 members (excludes halogenated alkanes) is 3. The Morgan fingerprint density at radius 1 is 0.569 bits per heavy atom. The lowest BCUT2D eigenvalue weighted by atomic mass is 9.89. The minimum absolute atomic E-state index is 0. The van der Waals surface area contributed by atoms with Crippen LogP contribution in [0.5, 0.6) is 23.0 Å². The number of carboxylic acids is 1. The van der Waals surface area contributed by atoms with Gasteiger partial charge in [0.1, 0.15) is 23.0 Å². The summed E-state index contributed by atoms with van der Waals surface area (Å²) in [6, 6.07) is 38.5. The summed E-state index contributed by atoms with van der Waals surface area (Å²) in [4.78, 5) is 24.7. The summed E-state index contributed by atoms with van der Waals surface area (Å²) < 4.78 is 17.9. The van der Waals surface area contributed by atoms with Crippen LogP contribution in [0.1, 0.15) is 86.7 Å². The van der Waals surface area contributed by atoms with Gasteiger partial charge < -0.3 is 44.1 Å². The van der Waals surface area contributed by atoms with Gasteiger partial charge in [-0.05, 0) is 89.4 Å². The van der Waals surface area contributed by atoms with E-state index in [9.17, 15) is 14.7 Å². The third-order valence-electron chi connectivity index (χ3n) is 9.96. The largest absolute Gasteiger partial charge is 1.00 e. The fraction of sp³-hybridized carbons (Fsp3) is 0.160. The van der Waals surface area contributed by atoms with Crippen LogP contribution in [-0.2, 0) is 4.74 Å². The lowest BCUT2D eigenvalue weighted by Gasteiger charge is -2.22. The second-order valence-electron chi connectivity index (χ2n) is 14.2. The average Bonchev–Trinajstić information content (AvgIpc) is 3.19. The van der Waals surface area contributed by atoms with Crippen molar-refractivity contribution in [1.29, 1.82) is 0 Å². The molecule has 2 heterocycles. The number of benzene rings is 6. The van der Waals surface area contributed by atoms with Gasteiger partial charge >= 0.3 is 11.9 Å². The van der Waals surface area contributed by atoms with Crippen LogP contribution in [-0.4, -0.2) is 23.7 Å². The Morgan fingerprint density at radius 2 is 1.05 bits per heavy atom. The molecule has 8 rings (SSSR count). The van der Waals surface area contributed by atoms with Gasteiger partial charge in [0, 0.05) is 32.7 Å². The number of carboxylic acid groups (broad SMARTS) is 1. The molecule has 0 amide bonds. The average molecular weight is 812 g/mol. The molecule has 0 radical (unpaired) electrons. The fourth-order valence-corrected chi connectivity index (χ4v) is 7.20. The van der Waals surface area contributed by atoms with Crippen molar-refractivity contribution in [2.45, 2.75) is 46.5 Å². The number of hydrogen-bond acceptors (Lipinski definition) is 5. The number of esters is 1. The smallest absolute Gasteiger partial charge is 0.338 e. The van der Waals surface area contributed by atoms with Crippen molar-refractivity contribution >= 4 is 36.2 Å². The fourth-order valence-electron chi connectivity index (χ4n) is 7.20. The molecule has 8 heteroatoms. The second-order valence-corrected chi connectivity index (χ2v) is 14.2. The van der Waals surface area contributed by atoms with Crippen molar-refractivity contribution in [3.8, 4) is 23.0 Å². The zero-order chi connectivity index (χ0) is 39.3. The van der Waals surface area contributed by atoms with Crippen LogP contribution in [0.3, 0.4) is 0 Å². The van der Waals surface area contributed by atoms with Crippen LogP contribution in [0.2, 0.25) is 0 Å². The van der Waals surface area contributed by atoms with Gasteiger partial charge in [0.2, 0.25) is 0 Å². The van der Waals surface area contributed by atoms with Crippen LogP contribution in [0.25, 0.3) is 24.3 Å². The Morgan fingerprint density at radius 3 is 1.55 bits per heavy atom. The van der Waals surface area contributed by atoms with E-state index in [-0.39, 0.29) is 36.3 Å². The number of carbonyl (C=O) groups excluding carboxylic acids is 1. The van der Waals surface area contributed by atoms with Gasteiger partial charge in [0.05, 0.1) is 17.7 Å². The molecule has 0 aliphatic carbocycles. The number of fused-ring (bicyclic) bond motifs is 4. The van der Waals surface area contributed by atoms with Crippen molar-refractivity contribution in [3.05, 3.63) is 187 Å². The summed E-state index contributed by atoms with van der Waals surface area (Å²) in [6.45, 7) is 14.7. The SMILES string of the molecule is C=c1ccc2c(c1)Oc1cc(C)ccc1C=2c1ccccc1C(=O)O.C=c1ccc2c(c1)Oc1cc(C)ccc1C=2c1ccccc1C(=O)OCCCCCC.[Cl-].[Cl-]. The Bertz CT molecular complexity index is 2740. The Balaban J connectivity index is 0.000000218. The van der Waals surface area contributed by atoms with E-state index >= 15 is 0 Å². The number of aromatic carboxylic acids is 1. The van der Waals surface area contributed by atoms with E-state index in [2.05, 4.69) is 32.2 Å². The van der Waals surface area contributed by atoms with Crippen LogP contribution in [0, 0.1) is 13.8 Å². The van der Waals surface area contributed by atoms with Crippen LogP contribution in [0.4, 0.5) is 0 Å². The van der Waals surface area contributed by atoms with E-state index < -0.39 is 5.97 Å². The molecule has 1 N–H and O–H groups in total. The normalized spacial score (nSPS) is 11.6. The van der Waals surface area contributed by atoms with Crippen molar-refractivity contribution in [1.82, 2.24) is 0 Å². The van der Waals surface area contributed by atoms with E-state index in [0.717, 1.165) is 103 Å². The highest BCUT2D eigenvalue weighted by molar-refractivity contribution is 6.00. The maximum atomic E-state index is 13.0. The molecule has 296 valence electrons. The predicted octanol–water partition coefficient (Wildman–Crippen LogP) is 2.96. The number of carbonyl (C=O) groups is 2. The molecule has 0 saturated carbocycles. The molecule has 6 nitrogen and oxygen atoms in total. The quantitative estimate of drug-likeness (QED) is 0.179. The highest BCUT2D eigenvalue weighted by Crippen LogP contribution is 2.39. The first kappa shape index (κ1) is 43.1. The predicted molar refractivity (Wildman–Crippen MR) is 222 cm³/mol. The van der Waals surface area contributed by atoms with Gasteiger partial charge in [0.25, 0.3) is 0 Å². The zero-order valence-corrected chi connectivity index (χ0v) is 34.3. The van der Waals surface area contributed by atoms with Gasteiger partial charge in [-0.3, -0.25) is 0 Å². The topological polar surface area (TPSA) is 82.1 Å². The van der Waals surface area contributed by atoms with Crippen molar-refractivity contribution in [3.63, 3.8) is 0 Å². The number of hydrogen-bond donors (Lipinski definition) is 1. The first-order chi connectivity index (χ1) is 27.1. The third kappa shape index (κ3) is 9.05. The monoisotopic (exact) mass is 810 g/mol. The molecule has 2 aliphatic rings.